The Morgan fingerprint density at radius 3 is 2.56 bits per heavy atom. The molecule has 0 saturated carbocycles. The van der Waals surface area contributed by atoms with Gasteiger partial charge >= 0.3 is 0 Å². The fraction of sp³-hybridized carbons (Fsp3) is 0.750. The van der Waals surface area contributed by atoms with Crippen LogP contribution < -0.4 is 5.32 Å². The van der Waals surface area contributed by atoms with Crippen LogP contribution in [-0.4, -0.2) is 6.54 Å². The Labute approximate surface area is 117 Å². The van der Waals surface area contributed by atoms with E-state index in [-0.39, 0.29) is 0 Å². The molecule has 0 aliphatic rings. The van der Waals surface area contributed by atoms with Crippen molar-refractivity contribution < 1.29 is 0 Å². The number of unbranched alkanes of at least 4 members (excludes halogenated alkanes) is 4. The van der Waals surface area contributed by atoms with Gasteiger partial charge in [0.25, 0.3) is 0 Å². The summed E-state index contributed by atoms with van der Waals surface area (Å²) < 4.78 is 0. The molecule has 1 aromatic heterocycles. The van der Waals surface area contributed by atoms with E-state index in [1.54, 1.807) is 10.4 Å². The monoisotopic (exact) mass is 267 g/mol. The molecule has 0 radical (unpaired) electrons. The van der Waals surface area contributed by atoms with Crippen LogP contribution in [0.5, 0.6) is 0 Å². The van der Waals surface area contributed by atoms with E-state index < -0.39 is 0 Å². The van der Waals surface area contributed by atoms with Crippen molar-refractivity contribution in [2.45, 2.75) is 71.8 Å². The van der Waals surface area contributed by atoms with Crippen molar-refractivity contribution >= 4 is 11.3 Å². The minimum absolute atomic E-state index is 0.589. The highest BCUT2D eigenvalue weighted by Crippen LogP contribution is 2.28. The molecule has 1 N–H and O–H groups in total. The molecule has 104 valence electrons. The predicted molar refractivity (Wildman–Crippen MR) is 83.5 cm³/mol. The zero-order valence-corrected chi connectivity index (χ0v) is 13.1. The lowest BCUT2D eigenvalue weighted by Gasteiger charge is -2.18. The van der Waals surface area contributed by atoms with E-state index in [9.17, 15) is 0 Å². The molecule has 0 fully saturated rings. The smallest absolute Gasteiger partial charge is 0.0417 e. The van der Waals surface area contributed by atoms with Crippen LogP contribution in [0.2, 0.25) is 0 Å². The molecule has 1 unspecified atom stereocenters. The summed E-state index contributed by atoms with van der Waals surface area (Å²) in [5.41, 5.74) is 1.54. The number of rotatable bonds is 10. The molecular weight excluding hydrogens is 238 g/mol. The topological polar surface area (TPSA) is 12.0 Å². The Balaban J connectivity index is 2.44. The van der Waals surface area contributed by atoms with Crippen LogP contribution in [-0.2, 0) is 6.42 Å². The first kappa shape index (κ1) is 15.7. The van der Waals surface area contributed by atoms with E-state index in [4.69, 9.17) is 0 Å². The Morgan fingerprint density at radius 2 is 1.89 bits per heavy atom. The summed E-state index contributed by atoms with van der Waals surface area (Å²) in [4.78, 5) is 1.58. The minimum Gasteiger partial charge on any atom is -0.310 e. The van der Waals surface area contributed by atoms with Crippen LogP contribution in [0.1, 0.15) is 75.8 Å². The fourth-order valence-electron chi connectivity index (χ4n) is 2.47. The quantitative estimate of drug-likeness (QED) is 0.566. The lowest BCUT2D eigenvalue weighted by atomic mass is 10.0. The highest BCUT2D eigenvalue weighted by Gasteiger charge is 2.14. The van der Waals surface area contributed by atoms with E-state index in [1.807, 2.05) is 11.3 Å². The normalized spacial score (nSPS) is 12.8. The third-order valence-corrected chi connectivity index (χ3v) is 4.60. The summed E-state index contributed by atoms with van der Waals surface area (Å²) >= 11 is 1.93. The van der Waals surface area contributed by atoms with Gasteiger partial charge in [-0.3, -0.25) is 0 Å². The Morgan fingerprint density at radius 1 is 1.11 bits per heavy atom. The maximum atomic E-state index is 3.66. The van der Waals surface area contributed by atoms with E-state index in [2.05, 4.69) is 37.5 Å². The van der Waals surface area contributed by atoms with E-state index in [1.165, 1.54) is 38.5 Å². The van der Waals surface area contributed by atoms with Crippen molar-refractivity contribution in [2.24, 2.45) is 0 Å². The lowest BCUT2D eigenvalue weighted by molar-refractivity contribution is 0.482. The fourth-order valence-corrected chi connectivity index (χ4v) is 3.58. The zero-order chi connectivity index (χ0) is 13.2. The summed E-state index contributed by atoms with van der Waals surface area (Å²) in [6.07, 6.45) is 9.34. The maximum Gasteiger partial charge on any atom is 0.0417 e. The molecule has 1 heterocycles. The molecule has 18 heavy (non-hydrogen) atoms. The number of nitrogens with one attached hydrogen (secondary N) is 1. The molecule has 0 bridgehead atoms. The molecule has 0 aliphatic carbocycles. The second-order valence-corrected chi connectivity index (χ2v) is 5.92. The summed E-state index contributed by atoms with van der Waals surface area (Å²) in [5, 5.41) is 5.91. The van der Waals surface area contributed by atoms with Crippen LogP contribution in [0.15, 0.2) is 11.4 Å². The van der Waals surface area contributed by atoms with Crippen LogP contribution in [0.3, 0.4) is 0 Å². The highest BCUT2D eigenvalue weighted by atomic mass is 32.1. The van der Waals surface area contributed by atoms with Crippen LogP contribution in [0, 0.1) is 0 Å². The van der Waals surface area contributed by atoms with E-state index >= 15 is 0 Å². The molecule has 1 aromatic rings. The first-order valence-electron chi connectivity index (χ1n) is 7.63. The Bertz CT molecular complexity index is 306. The van der Waals surface area contributed by atoms with Crippen molar-refractivity contribution in [3.63, 3.8) is 0 Å². The number of hydrogen-bond donors (Lipinski definition) is 1. The maximum absolute atomic E-state index is 3.66. The first-order valence-corrected chi connectivity index (χ1v) is 8.51. The van der Waals surface area contributed by atoms with Gasteiger partial charge in [0.05, 0.1) is 0 Å². The van der Waals surface area contributed by atoms with Gasteiger partial charge in [0.1, 0.15) is 0 Å². The number of aryl methyl sites for hydroxylation is 1. The summed E-state index contributed by atoms with van der Waals surface area (Å²) in [5.74, 6) is 0. The Hall–Kier alpha value is -0.340. The van der Waals surface area contributed by atoms with Gasteiger partial charge in [0, 0.05) is 10.9 Å². The zero-order valence-electron chi connectivity index (χ0n) is 12.3. The largest absolute Gasteiger partial charge is 0.310 e. The molecule has 0 amide bonds. The molecule has 1 nitrogen and oxygen atoms in total. The third-order valence-electron chi connectivity index (χ3n) is 3.52. The first-order chi connectivity index (χ1) is 8.83. The molecule has 0 saturated heterocycles. The van der Waals surface area contributed by atoms with Gasteiger partial charge in [-0.1, -0.05) is 52.9 Å². The molecular formula is C16H29NS. The van der Waals surface area contributed by atoms with Gasteiger partial charge in [-0.05, 0) is 36.4 Å². The molecule has 1 rings (SSSR count). The second kappa shape index (κ2) is 9.57. The standard InChI is InChI=1S/C16H29NS/c1-4-7-8-9-10-11-15(17-6-3)16-14(5-2)12-13-18-16/h12-13,15,17H,4-11H2,1-3H3. The number of thiophene rings is 1. The minimum atomic E-state index is 0.589. The van der Waals surface area contributed by atoms with Crippen LogP contribution >= 0.6 is 11.3 Å². The third kappa shape index (κ3) is 5.11. The van der Waals surface area contributed by atoms with E-state index in [0.717, 1.165) is 13.0 Å². The predicted octanol–water partition coefficient (Wildman–Crippen LogP) is 5.32. The van der Waals surface area contributed by atoms with Crippen LogP contribution in [0.25, 0.3) is 0 Å². The van der Waals surface area contributed by atoms with Gasteiger partial charge in [-0.15, -0.1) is 11.3 Å². The molecule has 0 aliphatic heterocycles. The van der Waals surface area contributed by atoms with Crippen molar-refractivity contribution in [3.05, 3.63) is 21.9 Å². The summed E-state index contributed by atoms with van der Waals surface area (Å²) in [7, 11) is 0. The van der Waals surface area contributed by atoms with Gasteiger partial charge in [-0.2, -0.15) is 0 Å². The average molecular weight is 267 g/mol. The summed E-state index contributed by atoms with van der Waals surface area (Å²) in [6, 6.07) is 2.88. The SMILES string of the molecule is CCCCCCCC(NCC)c1sccc1CC. The van der Waals surface area contributed by atoms with Crippen molar-refractivity contribution in [2.75, 3.05) is 6.54 Å². The van der Waals surface area contributed by atoms with Crippen molar-refractivity contribution in [3.8, 4) is 0 Å². The molecule has 1 atom stereocenters. The summed E-state index contributed by atoms with van der Waals surface area (Å²) in [6.45, 7) is 7.82. The molecule has 0 spiro atoms. The average Bonchev–Trinajstić information content (AvgIpc) is 2.85. The molecule has 2 heteroatoms. The van der Waals surface area contributed by atoms with Gasteiger partial charge < -0.3 is 5.32 Å². The van der Waals surface area contributed by atoms with E-state index in [0.29, 0.717) is 6.04 Å². The van der Waals surface area contributed by atoms with Gasteiger partial charge in [0.15, 0.2) is 0 Å². The van der Waals surface area contributed by atoms with Crippen LogP contribution in [0.4, 0.5) is 0 Å². The van der Waals surface area contributed by atoms with Gasteiger partial charge in [-0.25, -0.2) is 0 Å². The van der Waals surface area contributed by atoms with Gasteiger partial charge in [0.2, 0.25) is 0 Å². The van der Waals surface area contributed by atoms with Crippen molar-refractivity contribution in [1.29, 1.82) is 0 Å². The lowest BCUT2D eigenvalue weighted by Crippen LogP contribution is -2.20. The molecule has 0 aromatic carbocycles. The second-order valence-electron chi connectivity index (χ2n) is 4.98. The highest BCUT2D eigenvalue weighted by molar-refractivity contribution is 7.10. The Kier molecular flexibility index (Phi) is 8.36. The number of hydrogen-bond acceptors (Lipinski definition) is 2. The van der Waals surface area contributed by atoms with Crippen molar-refractivity contribution in [1.82, 2.24) is 5.32 Å².